The fraction of sp³-hybridized carbons (Fsp3) is 0.286. The summed E-state index contributed by atoms with van der Waals surface area (Å²) < 4.78 is 0. The van der Waals surface area contributed by atoms with Crippen molar-refractivity contribution in [3.05, 3.63) is 40.7 Å². The van der Waals surface area contributed by atoms with E-state index >= 15 is 0 Å². The highest BCUT2D eigenvalue weighted by atomic mass is 35.5. The molecule has 3 rings (SSSR count). The molecule has 0 radical (unpaired) electrons. The van der Waals surface area contributed by atoms with Crippen molar-refractivity contribution in [2.75, 3.05) is 36.4 Å². The number of halogens is 1. The van der Waals surface area contributed by atoms with Gasteiger partial charge in [0.15, 0.2) is 0 Å². The molecule has 5 nitrogen and oxygen atoms in total. The highest BCUT2D eigenvalue weighted by molar-refractivity contribution is 7.12. The molecule has 0 aliphatic carbocycles. The summed E-state index contributed by atoms with van der Waals surface area (Å²) in [4.78, 5) is 19.2. The SMILES string of the molecule is Cl.O=C(Nc1ccc(N2CCNCC2)cn1)c1cccs1. The summed E-state index contributed by atoms with van der Waals surface area (Å²) in [6.07, 6.45) is 1.81. The summed E-state index contributed by atoms with van der Waals surface area (Å²) in [5.74, 6) is 0.477. The molecule has 1 amide bonds. The molecular formula is C14H17ClN4OS. The Morgan fingerprint density at radius 1 is 1.29 bits per heavy atom. The molecule has 1 aliphatic heterocycles. The average molecular weight is 325 g/mol. The highest BCUT2D eigenvalue weighted by Crippen LogP contribution is 2.17. The van der Waals surface area contributed by atoms with Crippen LogP contribution in [0.5, 0.6) is 0 Å². The Hall–Kier alpha value is -1.63. The quantitative estimate of drug-likeness (QED) is 0.909. The van der Waals surface area contributed by atoms with Crippen LogP contribution in [0.4, 0.5) is 11.5 Å². The van der Waals surface area contributed by atoms with Crippen LogP contribution in [0.2, 0.25) is 0 Å². The molecule has 2 N–H and O–H groups in total. The first kappa shape index (κ1) is 15.8. The maximum atomic E-state index is 11.9. The zero-order valence-electron chi connectivity index (χ0n) is 11.4. The maximum absolute atomic E-state index is 11.9. The number of carbonyl (C=O) groups is 1. The van der Waals surface area contributed by atoms with Crippen LogP contribution in [0.25, 0.3) is 0 Å². The van der Waals surface area contributed by atoms with Gasteiger partial charge in [-0.1, -0.05) is 6.07 Å². The van der Waals surface area contributed by atoms with Crippen LogP contribution in [0.1, 0.15) is 9.67 Å². The predicted molar refractivity (Wildman–Crippen MR) is 88.8 cm³/mol. The van der Waals surface area contributed by atoms with Gasteiger partial charge in [-0.3, -0.25) is 4.79 Å². The van der Waals surface area contributed by atoms with E-state index in [0.717, 1.165) is 31.9 Å². The fourth-order valence-electron chi connectivity index (χ4n) is 2.16. The number of rotatable bonds is 3. The Balaban J connectivity index is 0.00000161. The van der Waals surface area contributed by atoms with E-state index in [1.165, 1.54) is 11.3 Å². The third-order valence-electron chi connectivity index (χ3n) is 3.22. The lowest BCUT2D eigenvalue weighted by Crippen LogP contribution is -2.43. The Morgan fingerprint density at radius 2 is 2.10 bits per heavy atom. The Labute approximate surface area is 133 Å². The van der Waals surface area contributed by atoms with Gasteiger partial charge in [0.25, 0.3) is 5.91 Å². The van der Waals surface area contributed by atoms with Crippen LogP contribution < -0.4 is 15.5 Å². The second kappa shape index (κ2) is 7.40. The summed E-state index contributed by atoms with van der Waals surface area (Å²) in [5, 5.41) is 8.01. The molecule has 0 saturated carbocycles. The second-order valence-electron chi connectivity index (χ2n) is 4.57. The largest absolute Gasteiger partial charge is 0.368 e. The maximum Gasteiger partial charge on any atom is 0.266 e. The smallest absolute Gasteiger partial charge is 0.266 e. The van der Waals surface area contributed by atoms with E-state index in [-0.39, 0.29) is 18.3 Å². The first-order valence-electron chi connectivity index (χ1n) is 6.59. The molecule has 1 aliphatic rings. The Kier molecular flexibility index (Phi) is 5.55. The van der Waals surface area contributed by atoms with E-state index in [0.29, 0.717) is 10.7 Å². The van der Waals surface area contributed by atoms with E-state index in [1.807, 2.05) is 29.8 Å². The number of nitrogens with one attached hydrogen (secondary N) is 2. The first-order valence-corrected chi connectivity index (χ1v) is 7.47. The monoisotopic (exact) mass is 324 g/mol. The van der Waals surface area contributed by atoms with Gasteiger partial charge in [0, 0.05) is 26.2 Å². The third-order valence-corrected chi connectivity index (χ3v) is 4.09. The van der Waals surface area contributed by atoms with E-state index in [4.69, 9.17) is 0 Å². The third kappa shape index (κ3) is 3.93. The molecule has 1 fully saturated rings. The van der Waals surface area contributed by atoms with Gasteiger partial charge in [-0.25, -0.2) is 4.98 Å². The van der Waals surface area contributed by atoms with Crippen molar-refractivity contribution in [3.8, 4) is 0 Å². The van der Waals surface area contributed by atoms with Crippen molar-refractivity contribution < 1.29 is 4.79 Å². The van der Waals surface area contributed by atoms with E-state index in [2.05, 4.69) is 20.5 Å². The summed E-state index contributed by atoms with van der Waals surface area (Å²) >= 11 is 1.42. The lowest BCUT2D eigenvalue weighted by Gasteiger charge is -2.29. The Morgan fingerprint density at radius 3 is 2.71 bits per heavy atom. The summed E-state index contributed by atoms with van der Waals surface area (Å²) in [6, 6.07) is 7.51. The lowest BCUT2D eigenvalue weighted by molar-refractivity contribution is 0.103. The van der Waals surface area contributed by atoms with Gasteiger partial charge >= 0.3 is 0 Å². The van der Waals surface area contributed by atoms with Crippen molar-refractivity contribution in [1.29, 1.82) is 0 Å². The number of piperazine rings is 1. The molecule has 0 bridgehead atoms. The molecule has 2 aromatic heterocycles. The zero-order valence-corrected chi connectivity index (χ0v) is 13.0. The number of hydrogen-bond donors (Lipinski definition) is 2. The number of thiophene rings is 1. The molecular weight excluding hydrogens is 308 g/mol. The van der Waals surface area contributed by atoms with Crippen molar-refractivity contribution in [2.24, 2.45) is 0 Å². The lowest BCUT2D eigenvalue weighted by atomic mass is 10.3. The van der Waals surface area contributed by atoms with Crippen LogP contribution >= 0.6 is 23.7 Å². The van der Waals surface area contributed by atoms with Crippen LogP contribution in [0.3, 0.4) is 0 Å². The van der Waals surface area contributed by atoms with Gasteiger partial charge in [-0.05, 0) is 23.6 Å². The Bertz CT molecular complexity index is 567. The average Bonchev–Trinajstić information content (AvgIpc) is 3.03. The van der Waals surface area contributed by atoms with Gasteiger partial charge < -0.3 is 15.5 Å². The van der Waals surface area contributed by atoms with Crippen molar-refractivity contribution in [2.45, 2.75) is 0 Å². The number of anilines is 2. The molecule has 1 saturated heterocycles. The molecule has 0 unspecified atom stereocenters. The highest BCUT2D eigenvalue weighted by Gasteiger charge is 2.11. The minimum absolute atomic E-state index is 0. The number of aromatic nitrogens is 1. The molecule has 7 heteroatoms. The summed E-state index contributed by atoms with van der Waals surface area (Å²) in [6.45, 7) is 3.97. The van der Waals surface area contributed by atoms with Gasteiger partial charge in [-0.15, -0.1) is 23.7 Å². The standard InChI is InChI=1S/C14H16N4OS.ClH/c19-14(12-2-1-9-20-12)17-13-4-3-11(10-16-13)18-7-5-15-6-8-18;/h1-4,9-10,15H,5-8H2,(H,16,17,19);1H. The van der Waals surface area contributed by atoms with E-state index in [1.54, 1.807) is 6.07 Å². The van der Waals surface area contributed by atoms with Crippen LogP contribution in [-0.4, -0.2) is 37.1 Å². The number of carbonyl (C=O) groups excluding carboxylic acids is 1. The van der Waals surface area contributed by atoms with Crippen molar-refractivity contribution in [1.82, 2.24) is 10.3 Å². The van der Waals surface area contributed by atoms with Gasteiger partial charge in [-0.2, -0.15) is 0 Å². The fourth-order valence-corrected chi connectivity index (χ4v) is 2.77. The first-order chi connectivity index (χ1) is 9.83. The zero-order chi connectivity index (χ0) is 13.8. The predicted octanol–water partition coefficient (Wildman–Crippen LogP) is 2.23. The van der Waals surface area contributed by atoms with Gasteiger partial charge in [0.1, 0.15) is 5.82 Å². The van der Waals surface area contributed by atoms with Crippen LogP contribution in [0.15, 0.2) is 35.8 Å². The van der Waals surface area contributed by atoms with Gasteiger partial charge in [0.2, 0.25) is 0 Å². The molecule has 3 heterocycles. The van der Waals surface area contributed by atoms with Crippen LogP contribution in [-0.2, 0) is 0 Å². The number of hydrogen-bond acceptors (Lipinski definition) is 5. The van der Waals surface area contributed by atoms with E-state index < -0.39 is 0 Å². The summed E-state index contributed by atoms with van der Waals surface area (Å²) in [7, 11) is 0. The van der Waals surface area contributed by atoms with E-state index in [9.17, 15) is 4.79 Å². The molecule has 112 valence electrons. The van der Waals surface area contributed by atoms with Gasteiger partial charge in [0.05, 0.1) is 16.8 Å². The molecule has 0 spiro atoms. The molecule has 0 atom stereocenters. The molecule has 21 heavy (non-hydrogen) atoms. The normalized spacial score (nSPS) is 14.4. The topological polar surface area (TPSA) is 57.3 Å². The number of amides is 1. The number of nitrogens with zero attached hydrogens (tertiary/aromatic N) is 2. The minimum atomic E-state index is -0.109. The second-order valence-corrected chi connectivity index (χ2v) is 5.52. The van der Waals surface area contributed by atoms with Crippen molar-refractivity contribution in [3.63, 3.8) is 0 Å². The van der Waals surface area contributed by atoms with Crippen molar-refractivity contribution >= 4 is 41.2 Å². The molecule has 0 aromatic carbocycles. The number of pyridine rings is 1. The minimum Gasteiger partial charge on any atom is -0.368 e. The molecule has 2 aromatic rings. The van der Waals surface area contributed by atoms with Crippen LogP contribution in [0, 0.1) is 0 Å². The summed E-state index contributed by atoms with van der Waals surface area (Å²) in [5.41, 5.74) is 1.10.